The molecule has 0 bridgehead atoms. The van der Waals surface area contributed by atoms with Crippen molar-refractivity contribution >= 4 is 41.0 Å². The van der Waals surface area contributed by atoms with Crippen molar-refractivity contribution in [3.8, 4) is 6.07 Å². The molecule has 1 aliphatic heterocycles. The van der Waals surface area contributed by atoms with Gasteiger partial charge in [0.2, 0.25) is 0 Å². The van der Waals surface area contributed by atoms with E-state index >= 15 is 0 Å². The molecule has 1 unspecified atom stereocenters. The van der Waals surface area contributed by atoms with Crippen LogP contribution < -0.4 is 10.6 Å². The van der Waals surface area contributed by atoms with E-state index in [9.17, 15) is 14.9 Å². The Kier molecular flexibility index (Phi) is 7.75. The van der Waals surface area contributed by atoms with Crippen LogP contribution in [0.2, 0.25) is 5.02 Å². The van der Waals surface area contributed by atoms with Crippen molar-refractivity contribution in [3.05, 3.63) is 87.6 Å². The van der Waals surface area contributed by atoms with Gasteiger partial charge in [-0.25, -0.2) is 9.59 Å². The van der Waals surface area contributed by atoms with Gasteiger partial charge >= 0.3 is 11.9 Å². The summed E-state index contributed by atoms with van der Waals surface area (Å²) in [4.78, 5) is 28.5. The second-order valence-electron chi connectivity index (χ2n) is 8.14. The van der Waals surface area contributed by atoms with Gasteiger partial charge in [-0.2, -0.15) is 5.26 Å². The highest BCUT2D eigenvalue weighted by Gasteiger charge is 2.43. The number of methoxy groups -OCH3 is 2. The summed E-state index contributed by atoms with van der Waals surface area (Å²) in [5, 5.41) is 19.4. The van der Waals surface area contributed by atoms with Crippen LogP contribution in [0.25, 0.3) is 0 Å². The number of hydrogen-bond acceptors (Lipinski definition) is 10. The Labute approximate surface area is 228 Å². The van der Waals surface area contributed by atoms with Gasteiger partial charge in [0, 0.05) is 17.0 Å². The van der Waals surface area contributed by atoms with E-state index in [0.717, 1.165) is 0 Å². The molecule has 1 atom stereocenters. The van der Waals surface area contributed by atoms with Crippen molar-refractivity contribution in [3.63, 3.8) is 0 Å². The van der Waals surface area contributed by atoms with Crippen molar-refractivity contribution in [1.82, 2.24) is 14.8 Å². The highest BCUT2D eigenvalue weighted by molar-refractivity contribution is 7.99. The van der Waals surface area contributed by atoms with E-state index in [2.05, 4.69) is 16.3 Å². The number of halogens is 1. The van der Waals surface area contributed by atoms with Gasteiger partial charge in [-0.15, -0.1) is 10.2 Å². The minimum Gasteiger partial charge on any atom is -0.466 e. The molecule has 194 valence electrons. The molecular weight excluding hydrogens is 528 g/mol. The van der Waals surface area contributed by atoms with Crippen LogP contribution in [0, 0.1) is 18.3 Å². The molecule has 0 saturated carbocycles. The fourth-order valence-electron chi connectivity index (χ4n) is 4.09. The van der Waals surface area contributed by atoms with E-state index in [0.29, 0.717) is 32.1 Å². The van der Waals surface area contributed by atoms with Crippen molar-refractivity contribution in [1.29, 1.82) is 5.26 Å². The molecule has 0 aliphatic carbocycles. The van der Waals surface area contributed by atoms with Gasteiger partial charge in [-0.05, 0) is 42.4 Å². The molecule has 0 spiro atoms. The van der Waals surface area contributed by atoms with Crippen molar-refractivity contribution in [2.45, 2.75) is 22.9 Å². The standard InChI is InChI=1S/C26H23ClN6O4S/c1-14-30-31-26(32(14)2)38-19-11-10-16(27)12-18(19)33-22(25(35)37-4)21(24(34)36-3)20(17(13-28)23(33)29)15-8-6-5-7-9-15/h5-12,20H,29H2,1-4H3. The molecule has 2 heterocycles. The third-order valence-electron chi connectivity index (χ3n) is 6.03. The first-order valence-electron chi connectivity index (χ1n) is 11.2. The van der Waals surface area contributed by atoms with E-state index in [1.165, 1.54) is 30.9 Å². The summed E-state index contributed by atoms with van der Waals surface area (Å²) in [6.07, 6.45) is 0. The molecule has 0 radical (unpaired) electrons. The zero-order valence-electron chi connectivity index (χ0n) is 20.9. The van der Waals surface area contributed by atoms with Gasteiger partial charge in [0.1, 0.15) is 17.3 Å². The Hall–Kier alpha value is -4.27. The first kappa shape index (κ1) is 26.8. The van der Waals surface area contributed by atoms with E-state index < -0.39 is 17.9 Å². The molecule has 3 aromatic rings. The quantitative estimate of drug-likeness (QED) is 0.451. The minimum atomic E-state index is -0.976. The van der Waals surface area contributed by atoms with Crippen LogP contribution in [0.15, 0.2) is 81.2 Å². The Bertz CT molecular complexity index is 1530. The van der Waals surface area contributed by atoms with Gasteiger partial charge in [-0.1, -0.05) is 41.9 Å². The van der Waals surface area contributed by atoms with E-state index in [4.69, 9.17) is 26.8 Å². The number of esters is 2. The first-order valence-corrected chi connectivity index (χ1v) is 12.4. The fourth-order valence-corrected chi connectivity index (χ4v) is 5.19. The topological polar surface area (TPSA) is 136 Å². The summed E-state index contributed by atoms with van der Waals surface area (Å²) in [6.45, 7) is 1.81. The Morgan fingerprint density at radius 2 is 1.79 bits per heavy atom. The number of anilines is 1. The molecule has 4 rings (SSSR count). The number of carbonyl (C=O) groups is 2. The maximum Gasteiger partial charge on any atom is 0.355 e. The lowest BCUT2D eigenvalue weighted by molar-refractivity contribution is -0.139. The molecule has 38 heavy (non-hydrogen) atoms. The molecule has 0 fully saturated rings. The van der Waals surface area contributed by atoms with Gasteiger partial charge < -0.3 is 19.8 Å². The Morgan fingerprint density at radius 3 is 2.37 bits per heavy atom. The maximum absolute atomic E-state index is 13.4. The number of aromatic nitrogens is 3. The summed E-state index contributed by atoms with van der Waals surface area (Å²) >= 11 is 7.64. The van der Waals surface area contributed by atoms with Crippen molar-refractivity contribution in [2.24, 2.45) is 12.8 Å². The van der Waals surface area contributed by atoms with E-state index in [1.54, 1.807) is 53.1 Å². The predicted molar refractivity (Wildman–Crippen MR) is 141 cm³/mol. The molecule has 2 aromatic carbocycles. The summed E-state index contributed by atoms with van der Waals surface area (Å²) in [5.74, 6) is -2.01. The molecule has 1 aliphatic rings. The average Bonchev–Trinajstić information content (AvgIpc) is 3.25. The van der Waals surface area contributed by atoms with E-state index in [1.807, 2.05) is 14.0 Å². The number of allylic oxidation sites excluding steroid dienone is 1. The monoisotopic (exact) mass is 550 g/mol. The SMILES string of the molecule is COC(=O)C1=C(C(=O)OC)N(c2cc(Cl)ccc2Sc2nnc(C)n2C)C(N)=C(C#N)C1c1ccccc1. The molecule has 0 saturated heterocycles. The molecule has 12 heteroatoms. The lowest BCUT2D eigenvalue weighted by Crippen LogP contribution is -2.41. The van der Waals surface area contributed by atoms with Crippen LogP contribution in [0.3, 0.4) is 0 Å². The number of rotatable bonds is 6. The lowest BCUT2D eigenvalue weighted by Gasteiger charge is -2.36. The fraction of sp³-hybridized carbons (Fsp3) is 0.192. The zero-order valence-corrected chi connectivity index (χ0v) is 22.5. The summed E-state index contributed by atoms with van der Waals surface area (Å²) < 4.78 is 12.0. The number of carbonyl (C=O) groups excluding carboxylic acids is 2. The summed E-state index contributed by atoms with van der Waals surface area (Å²) in [7, 11) is 4.20. The van der Waals surface area contributed by atoms with Crippen LogP contribution in [-0.4, -0.2) is 40.9 Å². The van der Waals surface area contributed by atoms with Gasteiger partial charge in [-0.3, -0.25) is 4.90 Å². The van der Waals surface area contributed by atoms with Gasteiger partial charge in [0.15, 0.2) is 5.16 Å². The lowest BCUT2D eigenvalue weighted by atomic mass is 9.81. The second-order valence-corrected chi connectivity index (χ2v) is 9.58. The van der Waals surface area contributed by atoms with Crippen LogP contribution in [0.5, 0.6) is 0 Å². The van der Waals surface area contributed by atoms with E-state index in [-0.39, 0.29) is 22.7 Å². The molecule has 0 amide bonds. The summed E-state index contributed by atoms with van der Waals surface area (Å²) in [6, 6.07) is 15.9. The number of nitrogens with two attached hydrogens (primary N) is 1. The Morgan fingerprint density at radius 1 is 1.11 bits per heavy atom. The third-order valence-corrected chi connectivity index (χ3v) is 7.36. The number of nitrogens with zero attached hydrogens (tertiary/aromatic N) is 5. The third kappa shape index (κ3) is 4.71. The highest BCUT2D eigenvalue weighted by atomic mass is 35.5. The number of nitriles is 1. The smallest absolute Gasteiger partial charge is 0.355 e. The number of benzene rings is 2. The van der Waals surface area contributed by atoms with Crippen LogP contribution in [0.4, 0.5) is 5.69 Å². The number of aryl methyl sites for hydroxylation is 1. The summed E-state index contributed by atoms with van der Waals surface area (Å²) in [5.41, 5.74) is 7.30. The first-order chi connectivity index (χ1) is 18.2. The second kappa shape index (κ2) is 11.0. The predicted octanol–water partition coefficient (Wildman–Crippen LogP) is 3.83. The normalized spacial score (nSPS) is 15.4. The van der Waals surface area contributed by atoms with Crippen molar-refractivity contribution in [2.75, 3.05) is 19.1 Å². The molecule has 10 nitrogen and oxygen atoms in total. The zero-order chi connectivity index (χ0) is 27.6. The molecular formula is C26H23ClN6O4S. The van der Waals surface area contributed by atoms with Crippen LogP contribution in [-0.2, 0) is 26.1 Å². The largest absolute Gasteiger partial charge is 0.466 e. The maximum atomic E-state index is 13.4. The van der Waals surface area contributed by atoms with Crippen molar-refractivity contribution < 1.29 is 19.1 Å². The number of hydrogen-bond donors (Lipinski definition) is 1. The number of ether oxygens (including phenoxy) is 2. The van der Waals surface area contributed by atoms with Gasteiger partial charge in [0.25, 0.3) is 0 Å². The van der Waals surface area contributed by atoms with Crippen LogP contribution in [0.1, 0.15) is 17.3 Å². The van der Waals surface area contributed by atoms with Crippen LogP contribution >= 0.6 is 23.4 Å². The molecule has 2 N–H and O–H groups in total. The van der Waals surface area contributed by atoms with Gasteiger partial charge in [0.05, 0.1) is 43.0 Å². The average molecular weight is 551 g/mol. The minimum absolute atomic E-state index is 0.0506. The highest BCUT2D eigenvalue weighted by Crippen LogP contribution is 2.46. The Balaban J connectivity index is 2.05. The molecule has 1 aromatic heterocycles.